The van der Waals surface area contributed by atoms with Crippen molar-refractivity contribution in [3.63, 3.8) is 0 Å². The number of carbonyl (C=O) groups excluding carboxylic acids is 1. The van der Waals surface area contributed by atoms with Crippen molar-refractivity contribution in [2.45, 2.75) is 12.0 Å². The van der Waals surface area contributed by atoms with Crippen molar-refractivity contribution in [3.05, 3.63) is 53.6 Å². The van der Waals surface area contributed by atoms with Crippen LogP contribution in [0.5, 0.6) is 5.75 Å². The zero-order chi connectivity index (χ0) is 22.4. The van der Waals surface area contributed by atoms with Crippen LogP contribution in [0, 0.1) is 5.82 Å². The molecule has 3 rings (SSSR count). The molecule has 1 amide bonds. The van der Waals surface area contributed by atoms with Gasteiger partial charge < -0.3 is 25.3 Å². The molecule has 1 atom stereocenters. The van der Waals surface area contributed by atoms with Crippen LogP contribution in [0.4, 0.5) is 18.9 Å². The number of amidine groups is 1. The zero-order valence-electron chi connectivity index (χ0n) is 17.0. The highest BCUT2D eigenvalue weighted by atomic mass is 35.5. The van der Waals surface area contributed by atoms with Gasteiger partial charge in [0.2, 0.25) is 0 Å². The molecule has 2 heterocycles. The van der Waals surface area contributed by atoms with Crippen molar-refractivity contribution in [1.29, 1.82) is 0 Å². The Morgan fingerprint density at radius 1 is 1.31 bits per heavy atom. The molecule has 3 N–H and O–H groups in total. The smallest absolute Gasteiger partial charge is 0.274 e. The Morgan fingerprint density at radius 2 is 2.09 bits per heavy atom. The molecule has 0 radical (unpaired) electrons. The fourth-order valence-corrected chi connectivity index (χ4v) is 2.97. The summed E-state index contributed by atoms with van der Waals surface area (Å²) >= 11 is 0. The van der Waals surface area contributed by atoms with Gasteiger partial charge in [-0.05, 0) is 30.3 Å². The Balaban J connectivity index is 0.00000363. The molecule has 0 bridgehead atoms. The van der Waals surface area contributed by atoms with Crippen LogP contribution in [-0.4, -0.2) is 56.7 Å². The number of benzene rings is 1. The first kappa shape index (κ1) is 25.4. The van der Waals surface area contributed by atoms with Gasteiger partial charge in [0.15, 0.2) is 5.54 Å². The van der Waals surface area contributed by atoms with E-state index in [0.717, 1.165) is 12.1 Å². The Kier molecular flexibility index (Phi) is 8.81. The average Bonchev–Trinajstić information content (AvgIpc) is 2.75. The maximum absolute atomic E-state index is 14.5. The second-order valence-corrected chi connectivity index (χ2v) is 6.69. The van der Waals surface area contributed by atoms with E-state index in [-0.39, 0.29) is 36.2 Å². The second kappa shape index (κ2) is 11.1. The van der Waals surface area contributed by atoms with Crippen molar-refractivity contribution >= 4 is 29.8 Å². The third-order valence-corrected chi connectivity index (χ3v) is 4.49. The molecule has 8 nitrogen and oxygen atoms in total. The molecule has 0 fully saturated rings. The molecule has 2 aromatic rings. The predicted octanol–water partition coefficient (Wildman–Crippen LogP) is 2.77. The summed E-state index contributed by atoms with van der Waals surface area (Å²) in [6.07, 6.45) is -1.72. The number of halogens is 4. The molecule has 0 aliphatic carbocycles. The molecule has 0 unspecified atom stereocenters. The van der Waals surface area contributed by atoms with Crippen LogP contribution in [0.1, 0.15) is 16.1 Å². The maximum atomic E-state index is 14.5. The molecule has 1 aromatic heterocycles. The number of carbonyl (C=O) groups is 1. The van der Waals surface area contributed by atoms with Crippen LogP contribution >= 0.6 is 12.4 Å². The van der Waals surface area contributed by atoms with Gasteiger partial charge in [0, 0.05) is 18.4 Å². The quantitative estimate of drug-likeness (QED) is 0.570. The highest BCUT2D eigenvalue weighted by Gasteiger charge is 2.46. The third kappa shape index (κ3) is 5.67. The van der Waals surface area contributed by atoms with Crippen molar-refractivity contribution in [1.82, 2.24) is 4.98 Å². The molecular weight excluding hydrogens is 453 g/mol. The summed E-state index contributed by atoms with van der Waals surface area (Å²) in [7, 11) is 1.54. The van der Waals surface area contributed by atoms with Crippen LogP contribution in [0.2, 0.25) is 0 Å². The maximum Gasteiger partial charge on any atom is 0.274 e. The van der Waals surface area contributed by atoms with E-state index in [1.165, 1.54) is 18.3 Å². The molecule has 12 heteroatoms. The summed E-state index contributed by atoms with van der Waals surface area (Å²) < 4.78 is 57.6. The van der Waals surface area contributed by atoms with Gasteiger partial charge in [0.1, 0.15) is 36.3 Å². The first-order valence-corrected chi connectivity index (χ1v) is 9.25. The number of hydrogen-bond acceptors (Lipinski definition) is 7. The lowest BCUT2D eigenvalue weighted by Crippen LogP contribution is -2.45. The first-order valence-electron chi connectivity index (χ1n) is 9.25. The second-order valence-electron chi connectivity index (χ2n) is 6.69. The third-order valence-electron chi connectivity index (χ3n) is 4.49. The van der Waals surface area contributed by atoms with Gasteiger partial charge in [-0.3, -0.25) is 9.79 Å². The number of rotatable bonds is 8. The van der Waals surface area contributed by atoms with Crippen LogP contribution in [0.25, 0.3) is 0 Å². The van der Waals surface area contributed by atoms with Crippen LogP contribution < -0.4 is 15.8 Å². The number of methoxy groups -OCH3 is 1. The summed E-state index contributed by atoms with van der Waals surface area (Å²) in [5.41, 5.74) is 2.96. The van der Waals surface area contributed by atoms with E-state index < -0.39 is 35.9 Å². The van der Waals surface area contributed by atoms with Crippen molar-refractivity contribution in [3.8, 4) is 5.75 Å². The van der Waals surface area contributed by atoms with E-state index >= 15 is 0 Å². The Labute approximate surface area is 188 Å². The summed E-state index contributed by atoms with van der Waals surface area (Å²) in [5, 5.41) is 2.51. The van der Waals surface area contributed by atoms with Gasteiger partial charge in [-0.15, -0.1) is 12.4 Å². The Bertz CT molecular complexity index is 962. The van der Waals surface area contributed by atoms with Gasteiger partial charge in [-0.2, -0.15) is 0 Å². The average molecular weight is 475 g/mol. The summed E-state index contributed by atoms with van der Waals surface area (Å²) in [6, 6.07) is 6.29. The Hall–Kier alpha value is -2.89. The number of anilines is 1. The normalized spacial score (nSPS) is 18.0. The van der Waals surface area contributed by atoms with E-state index in [1.54, 1.807) is 13.2 Å². The molecule has 32 heavy (non-hydrogen) atoms. The van der Waals surface area contributed by atoms with E-state index in [1.807, 2.05) is 0 Å². The van der Waals surface area contributed by atoms with Crippen LogP contribution in [0.3, 0.4) is 0 Å². The molecule has 0 saturated heterocycles. The van der Waals surface area contributed by atoms with Crippen molar-refractivity contribution < 1.29 is 32.2 Å². The van der Waals surface area contributed by atoms with Crippen molar-refractivity contribution in [2.24, 2.45) is 10.7 Å². The monoisotopic (exact) mass is 474 g/mol. The first-order chi connectivity index (χ1) is 14.9. The van der Waals surface area contributed by atoms with Crippen molar-refractivity contribution in [2.75, 3.05) is 38.9 Å². The fraction of sp³-hybridized carbons (Fsp3) is 0.350. The number of nitrogens with zero attached hydrogens (tertiary/aromatic N) is 2. The number of aromatic nitrogens is 1. The topological polar surface area (TPSA) is 108 Å². The summed E-state index contributed by atoms with van der Waals surface area (Å²) in [5.74, 6) is -1.26. The molecule has 1 aliphatic heterocycles. The van der Waals surface area contributed by atoms with Gasteiger partial charge in [-0.25, -0.2) is 18.2 Å². The number of amides is 1. The Morgan fingerprint density at radius 3 is 2.72 bits per heavy atom. The molecule has 0 spiro atoms. The minimum absolute atomic E-state index is 0. The summed E-state index contributed by atoms with van der Waals surface area (Å²) in [6.45, 7) is 0.0514. The van der Waals surface area contributed by atoms with Gasteiger partial charge in [-0.1, -0.05) is 0 Å². The van der Waals surface area contributed by atoms with Gasteiger partial charge in [0.05, 0.1) is 19.4 Å². The largest absolute Gasteiger partial charge is 0.490 e. The number of alkyl halides is 2. The van der Waals surface area contributed by atoms with Gasteiger partial charge >= 0.3 is 0 Å². The molecule has 1 aromatic carbocycles. The minimum atomic E-state index is -3.08. The standard InChI is InChI=1S/C20H21F3N4O4.ClH/c1-29-6-7-31-13-3-5-16(25-9-13)18(28)26-12-2-4-15(21)14(8-12)20(19(22)23)11-30-10-17(24)27-20;/h2-5,8-9,19H,6-7,10-11H2,1H3,(H2,24,27)(H,26,28);1H/t20-;/m0./s1. The number of nitrogens with two attached hydrogens (primary N) is 1. The van der Waals surface area contributed by atoms with E-state index in [0.29, 0.717) is 19.0 Å². The lowest BCUT2D eigenvalue weighted by Gasteiger charge is -2.33. The number of nitrogens with one attached hydrogen (secondary N) is 1. The fourth-order valence-electron chi connectivity index (χ4n) is 2.97. The molecule has 174 valence electrons. The summed E-state index contributed by atoms with van der Waals surface area (Å²) in [4.78, 5) is 20.3. The minimum Gasteiger partial charge on any atom is -0.490 e. The highest BCUT2D eigenvalue weighted by molar-refractivity contribution is 6.02. The highest BCUT2D eigenvalue weighted by Crippen LogP contribution is 2.38. The number of aliphatic imine (C=N–C) groups is 1. The SMILES string of the molecule is COCCOc1ccc(C(=O)Nc2ccc(F)c([C@]3(C(F)F)COCC(N)=N3)c2)nc1.Cl. The number of pyridine rings is 1. The van der Waals surface area contributed by atoms with Gasteiger partial charge in [0.25, 0.3) is 12.3 Å². The lowest BCUT2D eigenvalue weighted by atomic mass is 9.90. The van der Waals surface area contributed by atoms with Crippen LogP contribution in [-0.2, 0) is 15.0 Å². The lowest BCUT2D eigenvalue weighted by molar-refractivity contribution is -0.0145. The number of hydrogen-bond donors (Lipinski definition) is 2. The number of ether oxygens (including phenoxy) is 3. The molecule has 0 saturated carbocycles. The molecule has 1 aliphatic rings. The zero-order valence-corrected chi connectivity index (χ0v) is 17.8. The van der Waals surface area contributed by atoms with Crippen LogP contribution in [0.15, 0.2) is 41.5 Å². The van der Waals surface area contributed by atoms with E-state index in [9.17, 15) is 18.0 Å². The van der Waals surface area contributed by atoms with E-state index in [2.05, 4.69) is 15.3 Å². The van der Waals surface area contributed by atoms with E-state index in [4.69, 9.17) is 19.9 Å². The molecular formula is C20H22ClF3N4O4. The predicted molar refractivity (Wildman–Crippen MR) is 113 cm³/mol.